The van der Waals surface area contributed by atoms with Gasteiger partial charge in [-0.25, -0.2) is 4.79 Å². The van der Waals surface area contributed by atoms with Gasteiger partial charge in [-0.2, -0.15) is 0 Å². The zero-order valence-corrected chi connectivity index (χ0v) is 14.1. The van der Waals surface area contributed by atoms with Crippen LogP contribution in [0, 0.1) is 0 Å². The van der Waals surface area contributed by atoms with E-state index in [2.05, 4.69) is 10.6 Å². The number of rotatable bonds is 6. The number of nitrogens with one attached hydrogen (secondary N) is 3. The molecule has 0 radical (unpaired) electrons. The minimum absolute atomic E-state index is 0.0887. The van der Waals surface area contributed by atoms with Gasteiger partial charge in [0.05, 0.1) is 7.05 Å². The molecular formula is C16H25N4O3+. The smallest absolute Gasteiger partial charge is 0.321 e. The van der Waals surface area contributed by atoms with Crippen molar-refractivity contribution in [3.8, 4) is 0 Å². The molecule has 23 heavy (non-hydrogen) atoms. The molecule has 0 aliphatic rings. The van der Waals surface area contributed by atoms with Gasteiger partial charge >= 0.3 is 6.03 Å². The summed E-state index contributed by atoms with van der Waals surface area (Å²) in [5.41, 5.74) is 0.748. The van der Waals surface area contributed by atoms with E-state index in [4.69, 9.17) is 0 Å². The van der Waals surface area contributed by atoms with Crippen molar-refractivity contribution in [3.63, 3.8) is 0 Å². The number of hydrogen-bond acceptors (Lipinski definition) is 3. The molecule has 0 fully saturated rings. The predicted molar refractivity (Wildman–Crippen MR) is 86.8 cm³/mol. The van der Waals surface area contributed by atoms with E-state index in [1.165, 1.54) is 4.90 Å². The lowest BCUT2D eigenvalue weighted by Crippen LogP contribution is -3.11. The van der Waals surface area contributed by atoms with Crippen LogP contribution in [0.1, 0.15) is 18.5 Å². The van der Waals surface area contributed by atoms with Crippen molar-refractivity contribution in [2.75, 3.05) is 34.2 Å². The molecule has 1 aromatic carbocycles. The van der Waals surface area contributed by atoms with Gasteiger partial charge in [-0.05, 0) is 6.92 Å². The number of imide groups is 1. The van der Waals surface area contributed by atoms with Gasteiger partial charge < -0.3 is 15.1 Å². The summed E-state index contributed by atoms with van der Waals surface area (Å²) in [6.45, 7) is 2.35. The van der Waals surface area contributed by atoms with Gasteiger partial charge in [0.1, 0.15) is 0 Å². The summed E-state index contributed by atoms with van der Waals surface area (Å²) < 4.78 is 0. The Kier molecular flexibility index (Phi) is 7.21. The fourth-order valence-corrected chi connectivity index (χ4v) is 2.19. The highest BCUT2D eigenvalue weighted by atomic mass is 16.2. The zero-order valence-electron chi connectivity index (χ0n) is 14.1. The van der Waals surface area contributed by atoms with Gasteiger partial charge in [0, 0.05) is 26.2 Å². The van der Waals surface area contributed by atoms with Crippen molar-refractivity contribution < 1.29 is 19.3 Å². The number of benzene rings is 1. The monoisotopic (exact) mass is 321 g/mol. The Balaban J connectivity index is 2.96. The molecular weight excluding hydrogens is 296 g/mol. The lowest BCUT2D eigenvalue weighted by atomic mass is 10.0. The summed E-state index contributed by atoms with van der Waals surface area (Å²) in [5.74, 6) is -0.527. The third kappa shape index (κ3) is 5.71. The predicted octanol–water partition coefficient (Wildman–Crippen LogP) is -0.824. The molecule has 7 heteroatoms. The zero-order chi connectivity index (χ0) is 17.4. The average molecular weight is 321 g/mol. The third-order valence-electron chi connectivity index (χ3n) is 3.39. The number of carbonyl (C=O) groups excluding carboxylic acids is 3. The summed E-state index contributed by atoms with van der Waals surface area (Å²) in [5, 5.41) is 4.85. The van der Waals surface area contributed by atoms with E-state index in [1.807, 2.05) is 30.3 Å². The van der Waals surface area contributed by atoms with Gasteiger partial charge in [-0.3, -0.25) is 14.9 Å². The molecule has 0 aromatic heterocycles. The Labute approximate surface area is 136 Å². The van der Waals surface area contributed by atoms with Crippen LogP contribution in [0.3, 0.4) is 0 Å². The molecule has 0 saturated carbocycles. The lowest BCUT2D eigenvalue weighted by Gasteiger charge is -2.25. The van der Waals surface area contributed by atoms with Crippen molar-refractivity contribution in [1.29, 1.82) is 0 Å². The molecule has 1 rings (SSSR count). The maximum absolute atomic E-state index is 12.5. The molecule has 2 atom stereocenters. The number of amides is 4. The molecule has 0 heterocycles. The maximum atomic E-state index is 12.5. The Bertz CT molecular complexity index is 546. The summed E-state index contributed by atoms with van der Waals surface area (Å²) in [7, 11) is 5.10. The molecule has 0 aliphatic heterocycles. The lowest BCUT2D eigenvalue weighted by molar-refractivity contribution is -0.894. The first-order chi connectivity index (χ1) is 10.9. The molecule has 1 aromatic rings. The average Bonchev–Trinajstić information content (AvgIpc) is 2.48. The molecule has 126 valence electrons. The van der Waals surface area contributed by atoms with Crippen molar-refractivity contribution in [2.24, 2.45) is 0 Å². The molecule has 0 bridgehead atoms. The van der Waals surface area contributed by atoms with Crippen LogP contribution in [0.2, 0.25) is 0 Å². The number of likely N-dealkylation sites (N-methyl/N-ethyl adjacent to an activating group) is 2. The second-order valence-electron chi connectivity index (χ2n) is 5.50. The fourth-order valence-electron chi connectivity index (χ4n) is 2.19. The number of urea groups is 1. The number of quaternary nitrogens is 1. The van der Waals surface area contributed by atoms with Crippen LogP contribution >= 0.6 is 0 Å². The first kappa shape index (κ1) is 18.6. The van der Waals surface area contributed by atoms with Crippen LogP contribution in [-0.4, -0.2) is 57.0 Å². The van der Waals surface area contributed by atoms with E-state index in [-0.39, 0.29) is 12.5 Å². The maximum Gasteiger partial charge on any atom is 0.321 e. The molecule has 7 nitrogen and oxygen atoms in total. The molecule has 4 amide bonds. The highest BCUT2D eigenvalue weighted by molar-refractivity contribution is 5.96. The Morgan fingerprint density at radius 2 is 1.78 bits per heavy atom. The summed E-state index contributed by atoms with van der Waals surface area (Å²) in [4.78, 5) is 38.2. The van der Waals surface area contributed by atoms with E-state index < -0.39 is 18.0 Å². The summed E-state index contributed by atoms with van der Waals surface area (Å²) in [6.07, 6.45) is 0. The van der Waals surface area contributed by atoms with Gasteiger partial charge in [0.25, 0.3) is 11.8 Å². The standard InChI is InChI=1S/C16H24N4O3/c1-5-17-16(23)18-15(22)14(12-9-7-6-8-10-12)20(4)11-13(21)19(2)3/h6-10,14H,5,11H2,1-4H3,(H2,17,18,22,23)/p+1/t14-/m0/s1. The second-order valence-corrected chi connectivity index (χ2v) is 5.50. The number of hydrogen-bond donors (Lipinski definition) is 3. The van der Waals surface area contributed by atoms with E-state index in [0.717, 1.165) is 5.56 Å². The first-order valence-electron chi connectivity index (χ1n) is 7.52. The van der Waals surface area contributed by atoms with Crippen molar-refractivity contribution in [2.45, 2.75) is 13.0 Å². The van der Waals surface area contributed by atoms with Crippen LogP contribution < -0.4 is 15.5 Å². The minimum Gasteiger partial charge on any atom is -0.344 e. The normalized spacial score (nSPS) is 12.9. The van der Waals surface area contributed by atoms with E-state index in [0.29, 0.717) is 11.4 Å². The molecule has 0 saturated heterocycles. The van der Waals surface area contributed by atoms with E-state index >= 15 is 0 Å². The molecule has 0 aliphatic carbocycles. The number of nitrogens with zero attached hydrogens (tertiary/aromatic N) is 1. The van der Waals surface area contributed by atoms with Crippen molar-refractivity contribution in [3.05, 3.63) is 35.9 Å². The van der Waals surface area contributed by atoms with E-state index in [9.17, 15) is 14.4 Å². The fraction of sp³-hybridized carbons (Fsp3) is 0.438. The Hall–Kier alpha value is -2.41. The van der Waals surface area contributed by atoms with Crippen molar-refractivity contribution >= 4 is 17.8 Å². The highest BCUT2D eigenvalue weighted by Crippen LogP contribution is 2.09. The molecule has 3 N–H and O–H groups in total. The van der Waals surface area contributed by atoms with Gasteiger partial charge in [-0.15, -0.1) is 0 Å². The largest absolute Gasteiger partial charge is 0.344 e. The van der Waals surface area contributed by atoms with Gasteiger partial charge in [-0.1, -0.05) is 30.3 Å². The van der Waals surface area contributed by atoms with Gasteiger partial charge in [0.15, 0.2) is 12.6 Å². The SMILES string of the molecule is CCNC(=O)NC(=O)[C@H](c1ccccc1)[NH+](C)CC(=O)N(C)C. The molecule has 0 spiro atoms. The summed E-state index contributed by atoms with van der Waals surface area (Å²) >= 11 is 0. The highest BCUT2D eigenvalue weighted by Gasteiger charge is 2.31. The Morgan fingerprint density at radius 1 is 1.17 bits per heavy atom. The van der Waals surface area contributed by atoms with Crippen LogP contribution in [0.5, 0.6) is 0 Å². The minimum atomic E-state index is -0.650. The van der Waals surface area contributed by atoms with Crippen LogP contribution in [0.15, 0.2) is 30.3 Å². The second kappa shape index (κ2) is 8.89. The first-order valence-corrected chi connectivity index (χ1v) is 7.52. The Morgan fingerprint density at radius 3 is 2.30 bits per heavy atom. The quantitative estimate of drug-likeness (QED) is 0.640. The third-order valence-corrected chi connectivity index (χ3v) is 3.39. The number of carbonyl (C=O) groups is 3. The van der Waals surface area contributed by atoms with Crippen LogP contribution in [0.25, 0.3) is 0 Å². The van der Waals surface area contributed by atoms with E-state index in [1.54, 1.807) is 28.1 Å². The topological polar surface area (TPSA) is 83.0 Å². The summed E-state index contributed by atoms with van der Waals surface area (Å²) in [6, 6.07) is 7.93. The van der Waals surface area contributed by atoms with Crippen LogP contribution in [-0.2, 0) is 9.59 Å². The molecule has 1 unspecified atom stereocenters. The van der Waals surface area contributed by atoms with Crippen LogP contribution in [0.4, 0.5) is 4.79 Å². The van der Waals surface area contributed by atoms with Gasteiger partial charge in [0.2, 0.25) is 0 Å². The van der Waals surface area contributed by atoms with Crippen molar-refractivity contribution in [1.82, 2.24) is 15.5 Å².